The highest BCUT2D eigenvalue weighted by molar-refractivity contribution is 5.81. The molecule has 0 saturated carbocycles. The molecule has 2 heterocycles. The summed E-state index contributed by atoms with van der Waals surface area (Å²) in [6.45, 7) is 1.99. The summed E-state index contributed by atoms with van der Waals surface area (Å²) < 4.78 is 0. The number of aliphatic imine (C=N–C) groups is 1. The molecule has 0 bridgehead atoms. The van der Waals surface area contributed by atoms with Crippen molar-refractivity contribution in [1.82, 2.24) is 9.97 Å². The highest BCUT2D eigenvalue weighted by Crippen LogP contribution is 2.12. The first-order valence-electron chi connectivity index (χ1n) is 4.72. The summed E-state index contributed by atoms with van der Waals surface area (Å²) in [4.78, 5) is 12.5. The Hall–Kier alpha value is -2.03. The number of nitrogens with zero attached hydrogens (tertiary/aromatic N) is 3. The van der Waals surface area contributed by atoms with Crippen LogP contribution >= 0.6 is 0 Å². The SMILES string of the molecule is Cc1cccnc1N=Cc1cccnc1. The van der Waals surface area contributed by atoms with Crippen LogP contribution in [0.25, 0.3) is 0 Å². The van der Waals surface area contributed by atoms with Gasteiger partial charge in [-0.1, -0.05) is 12.1 Å². The summed E-state index contributed by atoms with van der Waals surface area (Å²) in [6.07, 6.45) is 7.01. The zero-order valence-electron chi connectivity index (χ0n) is 8.46. The molecule has 0 unspecified atom stereocenters. The van der Waals surface area contributed by atoms with Gasteiger partial charge in [0.15, 0.2) is 5.82 Å². The fourth-order valence-electron chi connectivity index (χ4n) is 1.20. The molecule has 0 amide bonds. The van der Waals surface area contributed by atoms with Gasteiger partial charge < -0.3 is 0 Å². The predicted molar refractivity (Wildman–Crippen MR) is 60.5 cm³/mol. The van der Waals surface area contributed by atoms with Gasteiger partial charge in [-0.25, -0.2) is 9.98 Å². The van der Waals surface area contributed by atoms with Gasteiger partial charge in [-0.3, -0.25) is 4.98 Å². The van der Waals surface area contributed by atoms with E-state index in [-0.39, 0.29) is 0 Å². The van der Waals surface area contributed by atoms with Crippen molar-refractivity contribution in [2.45, 2.75) is 6.92 Å². The number of pyridine rings is 2. The second-order valence-electron chi connectivity index (χ2n) is 3.19. The van der Waals surface area contributed by atoms with Crippen molar-refractivity contribution >= 4 is 12.0 Å². The second kappa shape index (κ2) is 4.46. The van der Waals surface area contributed by atoms with Crippen molar-refractivity contribution in [3.8, 4) is 0 Å². The number of aromatic nitrogens is 2. The molecule has 3 nitrogen and oxygen atoms in total. The molecule has 15 heavy (non-hydrogen) atoms. The molecule has 3 heteroatoms. The highest BCUT2D eigenvalue weighted by atomic mass is 14.9. The van der Waals surface area contributed by atoms with Crippen molar-refractivity contribution in [1.29, 1.82) is 0 Å². The molecule has 2 rings (SSSR count). The molecule has 0 saturated heterocycles. The third kappa shape index (κ3) is 2.47. The number of hydrogen-bond acceptors (Lipinski definition) is 3. The molecule has 0 atom stereocenters. The lowest BCUT2D eigenvalue weighted by atomic mass is 10.3. The van der Waals surface area contributed by atoms with Crippen LogP contribution in [0.2, 0.25) is 0 Å². The Morgan fingerprint density at radius 2 is 2.07 bits per heavy atom. The molecule has 0 spiro atoms. The molecule has 0 aliphatic carbocycles. The third-order valence-corrected chi connectivity index (χ3v) is 2.00. The van der Waals surface area contributed by atoms with Crippen molar-refractivity contribution in [3.63, 3.8) is 0 Å². The van der Waals surface area contributed by atoms with E-state index in [1.165, 1.54) is 0 Å². The van der Waals surface area contributed by atoms with E-state index in [0.29, 0.717) is 0 Å². The second-order valence-corrected chi connectivity index (χ2v) is 3.19. The third-order valence-electron chi connectivity index (χ3n) is 2.00. The summed E-state index contributed by atoms with van der Waals surface area (Å²) in [5.74, 6) is 0.751. The van der Waals surface area contributed by atoms with E-state index in [9.17, 15) is 0 Å². The van der Waals surface area contributed by atoms with Gasteiger partial charge in [0.25, 0.3) is 0 Å². The van der Waals surface area contributed by atoms with E-state index in [2.05, 4.69) is 15.0 Å². The van der Waals surface area contributed by atoms with Crippen LogP contribution in [-0.2, 0) is 0 Å². The minimum absolute atomic E-state index is 0.751. The van der Waals surface area contributed by atoms with Gasteiger partial charge in [-0.2, -0.15) is 0 Å². The zero-order chi connectivity index (χ0) is 10.5. The Balaban J connectivity index is 2.23. The van der Waals surface area contributed by atoms with Crippen LogP contribution in [0, 0.1) is 6.92 Å². The fourth-order valence-corrected chi connectivity index (χ4v) is 1.20. The van der Waals surface area contributed by atoms with Gasteiger partial charge in [-0.15, -0.1) is 0 Å². The zero-order valence-corrected chi connectivity index (χ0v) is 8.46. The van der Waals surface area contributed by atoms with Gasteiger partial charge in [0.05, 0.1) is 0 Å². The summed E-state index contributed by atoms with van der Waals surface area (Å²) in [7, 11) is 0. The lowest BCUT2D eigenvalue weighted by molar-refractivity contribution is 1.23. The van der Waals surface area contributed by atoms with E-state index in [1.54, 1.807) is 24.8 Å². The van der Waals surface area contributed by atoms with E-state index in [4.69, 9.17) is 0 Å². The van der Waals surface area contributed by atoms with Crippen LogP contribution in [0.3, 0.4) is 0 Å². The number of aryl methyl sites for hydroxylation is 1. The minimum Gasteiger partial charge on any atom is -0.264 e. The Morgan fingerprint density at radius 1 is 1.20 bits per heavy atom. The van der Waals surface area contributed by atoms with E-state index in [1.807, 2.05) is 31.2 Å². The van der Waals surface area contributed by atoms with Crippen LogP contribution < -0.4 is 0 Å². The molecule has 0 aromatic carbocycles. The van der Waals surface area contributed by atoms with Gasteiger partial charge in [0.2, 0.25) is 0 Å². The quantitative estimate of drug-likeness (QED) is 0.694. The average molecular weight is 197 g/mol. The summed E-state index contributed by atoms with van der Waals surface area (Å²) in [6, 6.07) is 7.72. The Kier molecular flexibility index (Phi) is 2.83. The van der Waals surface area contributed by atoms with Crippen molar-refractivity contribution in [3.05, 3.63) is 54.0 Å². The van der Waals surface area contributed by atoms with E-state index >= 15 is 0 Å². The molecular formula is C12H11N3. The van der Waals surface area contributed by atoms with Crippen LogP contribution in [0.5, 0.6) is 0 Å². The normalized spacial score (nSPS) is 10.7. The Labute approximate surface area is 88.6 Å². The first-order chi connectivity index (χ1) is 7.36. The van der Waals surface area contributed by atoms with Crippen molar-refractivity contribution < 1.29 is 0 Å². The van der Waals surface area contributed by atoms with Gasteiger partial charge in [-0.05, 0) is 24.6 Å². The van der Waals surface area contributed by atoms with Gasteiger partial charge >= 0.3 is 0 Å². The largest absolute Gasteiger partial charge is 0.264 e. The van der Waals surface area contributed by atoms with Crippen molar-refractivity contribution in [2.24, 2.45) is 4.99 Å². The summed E-state index contributed by atoms with van der Waals surface area (Å²) in [5, 5.41) is 0. The Bertz CT molecular complexity index is 463. The maximum atomic E-state index is 4.30. The fraction of sp³-hybridized carbons (Fsp3) is 0.0833. The van der Waals surface area contributed by atoms with Crippen LogP contribution in [0.1, 0.15) is 11.1 Å². The number of hydrogen-bond donors (Lipinski definition) is 0. The Morgan fingerprint density at radius 3 is 2.80 bits per heavy atom. The highest BCUT2D eigenvalue weighted by Gasteiger charge is 1.93. The van der Waals surface area contributed by atoms with Gasteiger partial charge in [0, 0.05) is 30.4 Å². The van der Waals surface area contributed by atoms with E-state index in [0.717, 1.165) is 16.9 Å². The molecule has 74 valence electrons. The molecular weight excluding hydrogens is 186 g/mol. The molecule has 2 aromatic heterocycles. The average Bonchev–Trinajstić information content (AvgIpc) is 2.29. The van der Waals surface area contributed by atoms with E-state index < -0.39 is 0 Å². The molecule has 0 aliphatic rings. The van der Waals surface area contributed by atoms with Crippen molar-refractivity contribution in [2.75, 3.05) is 0 Å². The monoisotopic (exact) mass is 197 g/mol. The lowest BCUT2D eigenvalue weighted by Gasteiger charge is -1.96. The first-order valence-corrected chi connectivity index (χ1v) is 4.72. The topological polar surface area (TPSA) is 38.1 Å². The predicted octanol–water partition coefficient (Wildman–Crippen LogP) is 2.54. The molecule has 0 radical (unpaired) electrons. The molecule has 0 N–H and O–H groups in total. The number of rotatable bonds is 2. The standard InChI is InChI=1S/C12H11N3/c1-10-4-2-7-14-12(10)15-9-11-5-3-6-13-8-11/h2-9H,1H3. The smallest absolute Gasteiger partial charge is 0.154 e. The molecule has 2 aromatic rings. The maximum absolute atomic E-state index is 4.30. The van der Waals surface area contributed by atoms with Crippen LogP contribution in [0.4, 0.5) is 5.82 Å². The lowest BCUT2D eigenvalue weighted by Crippen LogP contribution is -1.83. The minimum atomic E-state index is 0.751. The van der Waals surface area contributed by atoms with Gasteiger partial charge in [0.1, 0.15) is 0 Å². The van der Waals surface area contributed by atoms with Crippen LogP contribution in [0.15, 0.2) is 47.8 Å². The molecule has 0 aliphatic heterocycles. The summed E-state index contributed by atoms with van der Waals surface area (Å²) in [5.41, 5.74) is 2.04. The molecule has 0 fully saturated rings. The first kappa shape index (κ1) is 9.52. The van der Waals surface area contributed by atoms with Crippen LogP contribution in [-0.4, -0.2) is 16.2 Å². The summed E-state index contributed by atoms with van der Waals surface area (Å²) >= 11 is 0. The maximum Gasteiger partial charge on any atom is 0.154 e.